The van der Waals surface area contributed by atoms with Crippen LogP contribution in [0.2, 0.25) is 0 Å². The van der Waals surface area contributed by atoms with Gasteiger partial charge in [0, 0.05) is 25.6 Å². The number of hydrogen-bond donors (Lipinski definition) is 0. The minimum atomic E-state index is 0.475. The van der Waals surface area contributed by atoms with Gasteiger partial charge >= 0.3 is 0 Å². The van der Waals surface area contributed by atoms with E-state index in [1.807, 2.05) is 0 Å². The Hall–Kier alpha value is -1.33. The highest BCUT2D eigenvalue weighted by atomic mass is 15.1. The van der Waals surface area contributed by atoms with Crippen molar-refractivity contribution >= 4 is 0 Å². The number of hydrogen-bond acceptors (Lipinski definition) is 2. The summed E-state index contributed by atoms with van der Waals surface area (Å²) in [5, 5.41) is 8.68. The summed E-state index contributed by atoms with van der Waals surface area (Å²) >= 11 is 0. The Bertz CT molecular complexity index is 385. The second kappa shape index (κ2) is 7.18. The molecule has 0 spiro atoms. The number of benzene rings is 1. The predicted octanol–water partition coefficient (Wildman–Crippen LogP) is 3.93. The second-order valence-corrected chi connectivity index (χ2v) is 5.37. The molecule has 2 nitrogen and oxygen atoms in total. The van der Waals surface area contributed by atoms with E-state index in [0.29, 0.717) is 18.4 Å². The monoisotopic (exact) mass is 244 g/mol. The zero-order chi connectivity index (χ0) is 13.5. The van der Waals surface area contributed by atoms with Gasteiger partial charge in [-0.3, -0.25) is 4.90 Å². The van der Waals surface area contributed by atoms with E-state index in [-0.39, 0.29) is 0 Å². The molecule has 0 radical (unpaired) electrons. The van der Waals surface area contributed by atoms with E-state index >= 15 is 0 Å². The van der Waals surface area contributed by atoms with Gasteiger partial charge in [-0.25, -0.2) is 0 Å². The Labute approximate surface area is 111 Å². The van der Waals surface area contributed by atoms with Crippen molar-refractivity contribution in [3.8, 4) is 6.07 Å². The van der Waals surface area contributed by atoms with Gasteiger partial charge in [0.1, 0.15) is 0 Å². The molecule has 1 rings (SSSR count). The summed E-state index contributed by atoms with van der Waals surface area (Å²) in [6.45, 7) is 10.6. The molecule has 0 N–H and O–H groups in total. The minimum absolute atomic E-state index is 0.475. The first-order chi connectivity index (χ1) is 8.54. The lowest BCUT2D eigenvalue weighted by Gasteiger charge is -2.25. The maximum Gasteiger partial charge on any atom is 0.0635 e. The van der Waals surface area contributed by atoms with E-state index in [0.717, 1.165) is 13.1 Å². The van der Waals surface area contributed by atoms with Gasteiger partial charge in [-0.1, -0.05) is 38.1 Å². The Morgan fingerprint density at radius 2 is 1.72 bits per heavy atom. The summed E-state index contributed by atoms with van der Waals surface area (Å²) < 4.78 is 0. The first-order valence-corrected chi connectivity index (χ1v) is 6.74. The predicted molar refractivity (Wildman–Crippen MR) is 76.3 cm³/mol. The van der Waals surface area contributed by atoms with E-state index in [2.05, 4.69) is 62.9 Å². The molecule has 0 aliphatic carbocycles. The lowest BCUT2D eigenvalue weighted by molar-refractivity contribution is 0.218. The second-order valence-electron chi connectivity index (χ2n) is 5.37. The number of rotatable bonds is 6. The maximum absolute atomic E-state index is 8.68. The zero-order valence-electron chi connectivity index (χ0n) is 12.0. The van der Waals surface area contributed by atoms with Crippen LogP contribution in [0.25, 0.3) is 0 Å². The first-order valence-electron chi connectivity index (χ1n) is 6.74. The van der Waals surface area contributed by atoms with Gasteiger partial charge in [0.05, 0.1) is 6.07 Å². The van der Waals surface area contributed by atoms with E-state index in [9.17, 15) is 0 Å². The van der Waals surface area contributed by atoms with Crippen LogP contribution in [0.3, 0.4) is 0 Å². The highest BCUT2D eigenvalue weighted by Gasteiger charge is 2.09. The molecule has 0 aliphatic heterocycles. The summed E-state index contributed by atoms with van der Waals surface area (Å²) in [5.41, 5.74) is 2.71. The van der Waals surface area contributed by atoms with Gasteiger partial charge < -0.3 is 0 Å². The Morgan fingerprint density at radius 1 is 1.11 bits per heavy atom. The Balaban J connectivity index is 2.66. The van der Waals surface area contributed by atoms with Crippen molar-refractivity contribution in [1.82, 2.24) is 4.90 Å². The molecule has 1 aromatic rings. The lowest BCUT2D eigenvalue weighted by Crippen LogP contribution is -2.31. The molecule has 0 saturated heterocycles. The van der Waals surface area contributed by atoms with Gasteiger partial charge in [-0.2, -0.15) is 5.26 Å². The molecule has 1 aromatic carbocycles. The largest absolute Gasteiger partial charge is 0.296 e. The topological polar surface area (TPSA) is 27.0 Å². The van der Waals surface area contributed by atoms with Crippen molar-refractivity contribution in [3.05, 3.63) is 35.4 Å². The van der Waals surface area contributed by atoms with Crippen LogP contribution in [0.5, 0.6) is 0 Å². The van der Waals surface area contributed by atoms with Crippen LogP contribution in [-0.2, 0) is 6.54 Å². The van der Waals surface area contributed by atoms with Crippen LogP contribution in [-0.4, -0.2) is 17.5 Å². The minimum Gasteiger partial charge on any atom is -0.296 e. The summed E-state index contributed by atoms with van der Waals surface area (Å²) in [6.07, 6.45) is 0.599. The molecule has 0 bridgehead atoms. The Kier molecular flexibility index (Phi) is 5.88. The molecule has 0 aromatic heterocycles. The van der Waals surface area contributed by atoms with Crippen molar-refractivity contribution in [3.63, 3.8) is 0 Å². The molecule has 18 heavy (non-hydrogen) atoms. The third kappa shape index (κ3) is 4.50. The smallest absolute Gasteiger partial charge is 0.0635 e. The van der Waals surface area contributed by atoms with Crippen LogP contribution < -0.4 is 0 Å². The van der Waals surface area contributed by atoms with Crippen molar-refractivity contribution in [1.29, 1.82) is 5.26 Å². The van der Waals surface area contributed by atoms with Crippen molar-refractivity contribution in [2.75, 3.05) is 6.54 Å². The third-order valence-electron chi connectivity index (χ3n) is 3.27. The van der Waals surface area contributed by atoms with E-state index in [1.165, 1.54) is 11.1 Å². The average molecular weight is 244 g/mol. The van der Waals surface area contributed by atoms with Crippen LogP contribution in [0, 0.1) is 11.3 Å². The summed E-state index contributed by atoms with van der Waals surface area (Å²) in [4.78, 5) is 2.34. The van der Waals surface area contributed by atoms with Crippen LogP contribution in [0.15, 0.2) is 24.3 Å². The number of nitriles is 1. The van der Waals surface area contributed by atoms with Crippen molar-refractivity contribution in [2.45, 2.75) is 52.6 Å². The van der Waals surface area contributed by atoms with Crippen LogP contribution >= 0.6 is 0 Å². The maximum atomic E-state index is 8.68. The quantitative estimate of drug-likeness (QED) is 0.758. The molecule has 0 atom stereocenters. The molecule has 0 amide bonds. The average Bonchev–Trinajstić information content (AvgIpc) is 2.34. The van der Waals surface area contributed by atoms with Gasteiger partial charge in [0.2, 0.25) is 0 Å². The van der Waals surface area contributed by atoms with Gasteiger partial charge in [0.25, 0.3) is 0 Å². The molecule has 0 aliphatic rings. The third-order valence-corrected chi connectivity index (χ3v) is 3.27. The van der Waals surface area contributed by atoms with Crippen LogP contribution in [0.4, 0.5) is 0 Å². The van der Waals surface area contributed by atoms with Gasteiger partial charge in [-0.05, 0) is 30.9 Å². The van der Waals surface area contributed by atoms with Crippen LogP contribution in [0.1, 0.15) is 51.2 Å². The zero-order valence-corrected chi connectivity index (χ0v) is 12.0. The standard InChI is InChI=1S/C16H24N2/c1-13(2)16-8-6-15(7-9-16)12-18(14(3)4)11-5-10-17/h6-9,13-14H,5,11-12H2,1-4H3. The molecule has 98 valence electrons. The molecule has 2 heteroatoms. The number of nitrogens with zero attached hydrogens (tertiary/aromatic N) is 2. The van der Waals surface area contributed by atoms with E-state index in [4.69, 9.17) is 5.26 Å². The van der Waals surface area contributed by atoms with E-state index < -0.39 is 0 Å². The first kappa shape index (κ1) is 14.7. The van der Waals surface area contributed by atoms with Gasteiger partial charge in [0.15, 0.2) is 0 Å². The molecule has 0 heterocycles. The van der Waals surface area contributed by atoms with Gasteiger partial charge in [-0.15, -0.1) is 0 Å². The SMILES string of the molecule is CC(C)c1ccc(CN(CCC#N)C(C)C)cc1. The fourth-order valence-electron chi connectivity index (χ4n) is 1.96. The lowest BCUT2D eigenvalue weighted by atomic mass is 10.0. The molecule has 0 saturated carbocycles. The molecular weight excluding hydrogens is 220 g/mol. The summed E-state index contributed by atoms with van der Waals surface area (Å²) in [7, 11) is 0. The highest BCUT2D eigenvalue weighted by Crippen LogP contribution is 2.16. The molecule has 0 fully saturated rings. The highest BCUT2D eigenvalue weighted by molar-refractivity contribution is 5.24. The summed E-state index contributed by atoms with van der Waals surface area (Å²) in [5.74, 6) is 0.582. The summed E-state index contributed by atoms with van der Waals surface area (Å²) in [6, 6.07) is 11.5. The fourth-order valence-corrected chi connectivity index (χ4v) is 1.96. The normalized spacial score (nSPS) is 11.2. The molecular formula is C16H24N2. The van der Waals surface area contributed by atoms with Crippen molar-refractivity contribution in [2.24, 2.45) is 0 Å². The molecule has 0 unspecified atom stereocenters. The Morgan fingerprint density at radius 3 is 2.17 bits per heavy atom. The van der Waals surface area contributed by atoms with Crippen molar-refractivity contribution < 1.29 is 0 Å². The van der Waals surface area contributed by atoms with E-state index in [1.54, 1.807) is 0 Å². The fraction of sp³-hybridized carbons (Fsp3) is 0.562.